The van der Waals surface area contributed by atoms with Crippen LogP contribution in [0.15, 0.2) is 83.8 Å². The SMILES string of the molecule is Cc1ccc(S(=O)(=O)N2B(c3cccc(Cl)c3)OC(=O)[C@@H]2Cc2ccccc2)cc1. The number of hydrogen-bond acceptors (Lipinski definition) is 4. The molecule has 4 rings (SSSR count). The Bertz CT molecular complexity index is 1170. The summed E-state index contributed by atoms with van der Waals surface area (Å²) in [6.45, 7) is 1.88. The second-order valence-electron chi connectivity index (χ2n) is 7.20. The molecule has 0 aromatic heterocycles. The molecule has 1 saturated heterocycles. The van der Waals surface area contributed by atoms with Gasteiger partial charge >= 0.3 is 13.0 Å². The van der Waals surface area contributed by atoms with Crippen LogP contribution in [0.25, 0.3) is 0 Å². The van der Waals surface area contributed by atoms with Gasteiger partial charge in [-0.2, -0.15) is 4.22 Å². The van der Waals surface area contributed by atoms with E-state index in [-0.39, 0.29) is 11.3 Å². The van der Waals surface area contributed by atoms with Crippen molar-refractivity contribution in [1.29, 1.82) is 0 Å². The molecule has 1 aliphatic heterocycles. The van der Waals surface area contributed by atoms with Crippen LogP contribution in [0.2, 0.25) is 5.02 Å². The Morgan fingerprint density at radius 3 is 2.37 bits per heavy atom. The van der Waals surface area contributed by atoms with E-state index in [2.05, 4.69) is 0 Å². The minimum atomic E-state index is -4.02. The number of halogens is 1. The quantitative estimate of drug-likeness (QED) is 0.573. The van der Waals surface area contributed by atoms with Gasteiger partial charge in [-0.05, 0) is 48.6 Å². The highest BCUT2D eigenvalue weighted by atomic mass is 35.5. The van der Waals surface area contributed by atoms with E-state index >= 15 is 0 Å². The standard InChI is InChI=1S/C22H19BClNO4S/c1-16-10-12-20(13-11-16)30(27,28)25-21(14-17-6-3-2-4-7-17)22(26)29-23(25)18-8-5-9-19(24)15-18/h2-13,15,21H,14H2,1H3/t21-/m0/s1. The fourth-order valence-electron chi connectivity index (χ4n) is 3.52. The molecule has 30 heavy (non-hydrogen) atoms. The molecule has 8 heteroatoms. The number of hydrogen-bond donors (Lipinski definition) is 0. The molecular weight excluding hydrogens is 421 g/mol. The highest BCUT2D eigenvalue weighted by Crippen LogP contribution is 2.28. The van der Waals surface area contributed by atoms with Gasteiger partial charge in [-0.1, -0.05) is 71.8 Å². The Hall–Kier alpha value is -2.61. The molecule has 0 unspecified atom stereocenters. The molecule has 3 aromatic carbocycles. The van der Waals surface area contributed by atoms with Crippen molar-refractivity contribution in [3.63, 3.8) is 0 Å². The van der Waals surface area contributed by atoms with E-state index in [0.29, 0.717) is 10.5 Å². The molecule has 0 N–H and O–H groups in total. The molecule has 1 aliphatic rings. The van der Waals surface area contributed by atoms with E-state index in [1.54, 1.807) is 48.5 Å². The third-order valence-corrected chi connectivity index (χ3v) is 7.14. The predicted octanol–water partition coefficient (Wildman–Crippen LogP) is 3.20. The first kappa shape index (κ1) is 20.7. The van der Waals surface area contributed by atoms with Gasteiger partial charge in [0, 0.05) is 5.02 Å². The Kier molecular flexibility index (Phi) is 5.69. The largest absolute Gasteiger partial charge is 0.514 e. The number of carbonyl (C=O) groups is 1. The van der Waals surface area contributed by atoms with Crippen LogP contribution in [-0.4, -0.2) is 31.7 Å². The van der Waals surface area contributed by atoms with Crippen LogP contribution < -0.4 is 5.46 Å². The lowest BCUT2D eigenvalue weighted by molar-refractivity contribution is -0.134. The maximum absolute atomic E-state index is 13.6. The van der Waals surface area contributed by atoms with Gasteiger partial charge in [-0.3, -0.25) is 4.79 Å². The topological polar surface area (TPSA) is 63.7 Å². The first-order valence-corrected chi connectivity index (χ1v) is 11.3. The van der Waals surface area contributed by atoms with Gasteiger partial charge < -0.3 is 4.65 Å². The van der Waals surface area contributed by atoms with E-state index in [1.807, 2.05) is 37.3 Å². The van der Waals surface area contributed by atoms with Crippen LogP contribution in [0.1, 0.15) is 11.1 Å². The molecule has 0 spiro atoms. The Balaban J connectivity index is 1.81. The normalized spacial score (nSPS) is 17.2. The van der Waals surface area contributed by atoms with Crippen LogP contribution in [0.4, 0.5) is 0 Å². The molecule has 1 heterocycles. The summed E-state index contributed by atoms with van der Waals surface area (Å²) in [5.41, 5.74) is 2.28. The number of carbonyl (C=O) groups excluding carboxylic acids is 1. The summed E-state index contributed by atoms with van der Waals surface area (Å²) in [5, 5.41) is 0.433. The van der Waals surface area contributed by atoms with Crippen LogP contribution in [0.3, 0.4) is 0 Å². The van der Waals surface area contributed by atoms with Crippen LogP contribution in [0.5, 0.6) is 0 Å². The van der Waals surface area contributed by atoms with Crippen molar-refractivity contribution in [2.45, 2.75) is 24.3 Å². The summed E-state index contributed by atoms with van der Waals surface area (Å²) in [6.07, 6.45) is 0.210. The number of benzene rings is 3. The average Bonchev–Trinajstić information content (AvgIpc) is 3.06. The number of nitrogens with zero attached hydrogens (tertiary/aromatic N) is 1. The summed E-state index contributed by atoms with van der Waals surface area (Å²) < 4.78 is 34.0. The minimum absolute atomic E-state index is 0.108. The first-order valence-electron chi connectivity index (χ1n) is 9.46. The van der Waals surface area contributed by atoms with Crippen molar-refractivity contribution in [2.24, 2.45) is 0 Å². The fourth-order valence-corrected chi connectivity index (χ4v) is 5.35. The molecule has 3 aromatic rings. The highest BCUT2D eigenvalue weighted by molar-refractivity contribution is 7.90. The maximum Gasteiger partial charge on any atom is 0.502 e. The monoisotopic (exact) mass is 439 g/mol. The van der Waals surface area contributed by atoms with Crippen LogP contribution in [-0.2, 0) is 25.9 Å². The van der Waals surface area contributed by atoms with Gasteiger partial charge in [0.2, 0.25) is 10.0 Å². The van der Waals surface area contributed by atoms with Crippen molar-refractivity contribution in [1.82, 2.24) is 4.22 Å². The lowest BCUT2D eigenvalue weighted by Gasteiger charge is -2.24. The fraction of sp³-hybridized carbons (Fsp3) is 0.136. The zero-order valence-corrected chi connectivity index (χ0v) is 17.8. The van der Waals surface area contributed by atoms with E-state index in [9.17, 15) is 13.2 Å². The smallest absolute Gasteiger partial charge is 0.502 e. The number of sulfonamides is 1. The van der Waals surface area contributed by atoms with Crippen LogP contribution in [0, 0.1) is 6.92 Å². The molecule has 5 nitrogen and oxygen atoms in total. The second kappa shape index (κ2) is 8.26. The molecule has 0 radical (unpaired) electrons. The summed E-state index contributed by atoms with van der Waals surface area (Å²) >= 11 is 6.11. The summed E-state index contributed by atoms with van der Waals surface area (Å²) in [5.74, 6) is -0.584. The third kappa shape index (κ3) is 4.01. The molecular formula is C22H19BClNO4S. The van der Waals surface area contributed by atoms with Crippen molar-refractivity contribution in [3.8, 4) is 0 Å². The van der Waals surface area contributed by atoms with E-state index in [0.717, 1.165) is 11.1 Å². The Morgan fingerprint density at radius 1 is 1.00 bits per heavy atom. The molecule has 0 aliphatic carbocycles. The zero-order valence-electron chi connectivity index (χ0n) is 16.2. The van der Waals surface area contributed by atoms with Gasteiger partial charge in [0.25, 0.3) is 0 Å². The predicted molar refractivity (Wildman–Crippen MR) is 117 cm³/mol. The summed E-state index contributed by atoms with van der Waals surface area (Å²) in [6, 6.07) is 21.5. The molecule has 0 bridgehead atoms. The van der Waals surface area contributed by atoms with Crippen molar-refractivity contribution in [3.05, 3.63) is 95.0 Å². The van der Waals surface area contributed by atoms with Gasteiger partial charge in [0.15, 0.2) is 0 Å². The van der Waals surface area contributed by atoms with Crippen molar-refractivity contribution < 1.29 is 17.9 Å². The lowest BCUT2D eigenvalue weighted by Crippen LogP contribution is -2.51. The van der Waals surface area contributed by atoms with E-state index in [1.165, 1.54) is 4.22 Å². The van der Waals surface area contributed by atoms with Gasteiger partial charge in [0.05, 0.1) is 4.90 Å². The minimum Gasteiger partial charge on any atom is -0.514 e. The Labute approximate surface area is 181 Å². The van der Waals surface area contributed by atoms with Crippen LogP contribution >= 0.6 is 11.6 Å². The third-order valence-electron chi connectivity index (χ3n) is 5.04. The van der Waals surface area contributed by atoms with Gasteiger partial charge in [-0.15, -0.1) is 0 Å². The molecule has 1 fully saturated rings. The van der Waals surface area contributed by atoms with Crippen molar-refractivity contribution in [2.75, 3.05) is 0 Å². The zero-order chi connectivity index (χ0) is 21.3. The lowest BCUT2D eigenvalue weighted by atomic mass is 9.74. The van der Waals surface area contributed by atoms with Gasteiger partial charge in [-0.25, -0.2) is 8.42 Å². The highest BCUT2D eigenvalue weighted by Gasteiger charge is 2.53. The van der Waals surface area contributed by atoms with Crippen molar-refractivity contribution >= 4 is 40.1 Å². The summed E-state index contributed by atoms with van der Waals surface area (Å²) in [7, 11) is -5.11. The molecule has 0 amide bonds. The molecule has 152 valence electrons. The maximum atomic E-state index is 13.6. The average molecular weight is 440 g/mol. The first-order chi connectivity index (χ1) is 14.4. The molecule has 0 saturated carbocycles. The van der Waals surface area contributed by atoms with E-state index in [4.69, 9.17) is 16.3 Å². The second-order valence-corrected chi connectivity index (χ2v) is 9.48. The van der Waals surface area contributed by atoms with Gasteiger partial charge in [0.1, 0.15) is 6.04 Å². The number of rotatable bonds is 5. The van der Waals surface area contributed by atoms with E-state index < -0.39 is 29.1 Å². The Morgan fingerprint density at radius 2 is 1.70 bits per heavy atom. The number of aryl methyl sites for hydroxylation is 1. The molecule has 1 atom stereocenters. The summed E-state index contributed by atoms with van der Waals surface area (Å²) in [4.78, 5) is 12.9.